The van der Waals surface area contributed by atoms with Crippen LogP contribution in [0.2, 0.25) is 0 Å². The summed E-state index contributed by atoms with van der Waals surface area (Å²) in [6.45, 7) is 2.73. The first-order chi connectivity index (χ1) is 13.4. The minimum absolute atomic E-state index is 0.148. The van der Waals surface area contributed by atoms with Crippen LogP contribution in [0.25, 0.3) is 0 Å². The van der Waals surface area contributed by atoms with E-state index in [1.165, 1.54) is 13.8 Å². The first-order valence-corrected chi connectivity index (χ1v) is 8.68. The number of nitrogens with zero attached hydrogens (tertiary/aromatic N) is 2. The lowest BCUT2D eigenvalue weighted by molar-refractivity contribution is -0.143. The van der Waals surface area contributed by atoms with Crippen molar-refractivity contribution < 1.29 is 39.5 Å². The lowest BCUT2D eigenvalue weighted by Gasteiger charge is -2.21. The van der Waals surface area contributed by atoms with E-state index in [0.29, 0.717) is 4.57 Å². The zero-order valence-electron chi connectivity index (χ0n) is 14.9. The summed E-state index contributed by atoms with van der Waals surface area (Å²) in [4.78, 5) is 15.3. The topological polar surface area (TPSA) is 46.9 Å². The van der Waals surface area contributed by atoms with Crippen LogP contribution in [0, 0.1) is 0 Å². The molecule has 0 saturated carbocycles. The summed E-state index contributed by atoms with van der Waals surface area (Å²) in [5, 5.41) is 2.01. The third-order valence-electron chi connectivity index (χ3n) is 3.71. The van der Waals surface area contributed by atoms with Gasteiger partial charge in [0.05, 0.1) is 21.3 Å². The van der Waals surface area contributed by atoms with Crippen LogP contribution in [0.15, 0.2) is 27.5 Å². The Bertz CT molecular complexity index is 1010. The van der Waals surface area contributed by atoms with E-state index < -0.39 is 63.1 Å². The van der Waals surface area contributed by atoms with Crippen LogP contribution in [0.4, 0.5) is 51.1 Å². The average Bonchev–Trinajstić information content (AvgIpc) is 2.52. The molecule has 0 aliphatic heterocycles. The molecule has 0 unspecified atom stereocenters. The largest absolute Gasteiger partial charge is 0.433 e. The van der Waals surface area contributed by atoms with Gasteiger partial charge < -0.3 is 5.32 Å². The summed E-state index contributed by atoms with van der Waals surface area (Å²) < 4.78 is 118. The van der Waals surface area contributed by atoms with E-state index in [1.54, 1.807) is 0 Å². The Morgan fingerprint density at radius 1 is 0.933 bits per heavy atom. The predicted octanol–water partition coefficient (Wildman–Crippen LogP) is 6.39. The maximum Gasteiger partial charge on any atom is 0.433 e. The quantitative estimate of drug-likeness (QED) is 0.486. The van der Waals surface area contributed by atoms with Gasteiger partial charge in [0.1, 0.15) is 0 Å². The van der Waals surface area contributed by atoms with Crippen LogP contribution in [0.3, 0.4) is 0 Å². The SMILES string of the molecule is CC(C)n1c(Nc2cc(C(F)(F)F)cc(C(F)(F)F)c2Br)nc(C(F)(F)F)cc1=O. The molecule has 0 saturated heterocycles. The number of aromatic nitrogens is 2. The number of alkyl halides is 9. The first kappa shape index (κ1) is 24.0. The number of halogens is 10. The molecule has 2 rings (SSSR count). The fraction of sp³-hybridized carbons (Fsp3) is 0.375. The Hall–Kier alpha value is -2.25. The van der Waals surface area contributed by atoms with E-state index in [2.05, 4.69) is 20.9 Å². The molecule has 0 amide bonds. The van der Waals surface area contributed by atoms with E-state index in [0.717, 1.165) is 0 Å². The minimum atomic E-state index is -5.21. The number of hydrogen-bond donors (Lipinski definition) is 1. The highest BCUT2D eigenvalue weighted by atomic mass is 79.9. The van der Waals surface area contributed by atoms with Gasteiger partial charge in [-0.1, -0.05) is 0 Å². The van der Waals surface area contributed by atoms with Gasteiger partial charge >= 0.3 is 18.5 Å². The van der Waals surface area contributed by atoms with Gasteiger partial charge in [-0.15, -0.1) is 0 Å². The molecule has 1 aromatic carbocycles. The van der Waals surface area contributed by atoms with Crippen LogP contribution in [0.5, 0.6) is 0 Å². The monoisotopic (exact) mass is 511 g/mol. The maximum atomic E-state index is 13.2. The summed E-state index contributed by atoms with van der Waals surface area (Å²) in [5.74, 6) is -0.877. The van der Waals surface area contributed by atoms with Gasteiger partial charge in [0.2, 0.25) is 5.95 Å². The molecule has 1 heterocycles. The second-order valence-corrected chi connectivity index (χ2v) is 7.06. The normalized spacial score (nSPS) is 13.1. The molecule has 0 spiro atoms. The van der Waals surface area contributed by atoms with Crippen molar-refractivity contribution in [3.63, 3.8) is 0 Å². The highest BCUT2D eigenvalue weighted by molar-refractivity contribution is 9.10. The molecule has 0 bridgehead atoms. The van der Waals surface area contributed by atoms with Crippen LogP contribution in [-0.2, 0) is 18.5 Å². The average molecular weight is 512 g/mol. The molecule has 1 N–H and O–H groups in total. The summed E-state index contributed by atoms with van der Waals surface area (Å²) in [7, 11) is 0. The smallest absolute Gasteiger partial charge is 0.324 e. The van der Waals surface area contributed by atoms with Gasteiger partial charge in [0.15, 0.2) is 5.69 Å². The van der Waals surface area contributed by atoms with Gasteiger partial charge in [0, 0.05) is 12.1 Å². The summed E-state index contributed by atoms with van der Waals surface area (Å²) >= 11 is 2.53. The van der Waals surface area contributed by atoms with E-state index in [1.807, 2.05) is 5.32 Å². The Morgan fingerprint density at radius 3 is 1.93 bits per heavy atom. The standard InChI is InChI=1S/C16H11BrF9N3O/c1-6(2)29-11(30)5-10(16(24,25)26)28-13(29)27-9-4-7(14(18,19)20)3-8(12(9)17)15(21,22)23/h3-6H,1-2H3,(H,27,28). The van der Waals surface area contributed by atoms with Gasteiger partial charge in [-0.2, -0.15) is 39.5 Å². The molecule has 166 valence electrons. The maximum absolute atomic E-state index is 13.2. The number of rotatable bonds is 3. The van der Waals surface area contributed by atoms with Crippen molar-refractivity contribution in [2.24, 2.45) is 0 Å². The fourth-order valence-corrected chi connectivity index (χ4v) is 2.98. The van der Waals surface area contributed by atoms with Crippen molar-refractivity contribution in [2.45, 2.75) is 38.4 Å². The molecule has 2 aromatic rings. The van der Waals surface area contributed by atoms with Crippen LogP contribution in [-0.4, -0.2) is 9.55 Å². The number of hydrogen-bond acceptors (Lipinski definition) is 3. The highest BCUT2D eigenvalue weighted by Crippen LogP contribution is 2.43. The Balaban J connectivity index is 2.78. The van der Waals surface area contributed by atoms with Crippen LogP contribution >= 0.6 is 15.9 Å². The van der Waals surface area contributed by atoms with Gasteiger partial charge in [0.25, 0.3) is 5.56 Å². The van der Waals surface area contributed by atoms with E-state index in [4.69, 9.17) is 0 Å². The summed E-state index contributed by atoms with van der Waals surface area (Å²) in [6.07, 6.45) is -15.5. The molecule has 0 fully saturated rings. The molecule has 0 aliphatic rings. The number of benzene rings is 1. The number of anilines is 2. The van der Waals surface area contributed by atoms with Crippen molar-refractivity contribution in [1.29, 1.82) is 0 Å². The third-order valence-corrected chi connectivity index (χ3v) is 4.57. The predicted molar refractivity (Wildman–Crippen MR) is 91.3 cm³/mol. The lowest BCUT2D eigenvalue weighted by atomic mass is 10.1. The lowest BCUT2D eigenvalue weighted by Crippen LogP contribution is -2.28. The Kier molecular flexibility index (Phi) is 6.23. The zero-order valence-corrected chi connectivity index (χ0v) is 16.5. The molecule has 1 aromatic heterocycles. The van der Waals surface area contributed by atoms with Gasteiger partial charge in [-0.05, 0) is 41.9 Å². The number of nitrogens with one attached hydrogen (secondary N) is 1. The molecule has 0 radical (unpaired) electrons. The summed E-state index contributed by atoms with van der Waals surface area (Å²) in [5.41, 5.74) is -7.16. The summed E-state index contributed by atoms with van der Waals surface area (Å²) in [6, 6.07) is -0.532. The van der Waals surface area contributed by atoms with Crippen LogP contribution in [0.1, 0.15) is 36.7 Å². The zero-order chi connectivity index (χ0) is 23.2. The van der Waals surface area contributed by atoms with Crippen molar-refractivity contribution >= 4 is 27.6 Å². The highest BCUT2D eigenvalue weighted by Gasteiger charge is 2.40. The molecule has 14 heteroatoms. The molecule has 4 nitrogen and oxygen atoms in total. The first-order valence-electron chi connectivity index (χ1n) is 7.88. The molecule has 0 atom stereocenters. The van der Waals surface area contributed by atoms with Gasteiger partial charge in [-0.3, -0.25) is 9.36 Å². The van der Waals surface area contributed by atoms with Crippen molar-refractivity contribution in [3.05, 3.63) is 49.8 Å². The Labute approximate surface area is 170 Å². The fourth-order valence-electron chi connectivity index (χ4n) is 2.43. The molecular weight excluding hydrogens is 501 g/mol. The van der Waals surface area contributed by atoms with Crippen molar-refractivity contribution in [3.8, 4) is 0 Å². The second kappa shape index (κ2) is 7.78. The van der Waals surface area contributed by atoms with Crippen LogP contribution < -0.4 is 10.9 Å². The van der Waals surface area contributed by atoms with E-state index in [-0.39, 0.29) is 18.2 Å². The minimum Gasteiger partial charge on any atom is -0.324 e. The molecular formula is C16H11BrF9N3O. The van der Waals surface area contributed by atoms with Gasteiger partial charge in [-0.25, -0.2) is 4.98 Å². The van der Waals surface area contributed by atoms with Crippen molar-refractivity contribution in [1.82, 2.24) is 9.55 Å². The van der Waals surface area contributed by atoms with E-state index in [9.17, 15) is 44.3 Å². The second-order valence-electron chi connectivity index (χ2n) is 6.27. The third kappa shape index (κ3) is 5.08. The van der Waals surface area contributed by atoms with E-state index >= 15 is 0 Å². The molecule has 30 heavy (non-hydrogen) atoms. The molecule has 0 aliphatic carbocycles. The van der Waals surface area contributed by atoms with Crippen molar-refractivity contribution in [2.75, 3.05) is 5.32 Å². The Morgan fingerprint density at radius 2 is 1.50 bits per heavy atom.